The molecule has 186 valence electrons. The number of carbonyl (C=O) groups excluding carboxylic acids is 2. The van der Waals surface area contributed by atoms with E-state index in [0.29, 0.717) is 48.0 Å². The Balaban J connectivity index is 1.19. The van der Waals surface area contributed by atoms with Gasteiger partial charge in [0.25, 0.3) is 5.91 Å². The molecule has 1 aliphatic heterocycles. The fourth-order valence-electron chi connectivity index (χ4n) is 6.81. The van der Waals surface area contributed by atoms with Gasteiger partial charge in [0.05, 0.1) is 24.3 Å². The number of rotatable bonds is 5. The highest BCUT2D eigenvalue weighted by molar-refractivity contribution is 6.30. The zero-order valence-corrected chi connectivity index (χ0v) is 21.1. The second-order valence-corrected chi connectivity index (χ2v) is 11.3. The first-order valence-electron chi connectivity index (χ1n) is 12.9. The summed E-state index contributed by atoms with van der Waals surface area (Å²) in [6, 6.07) is 18.2. The molecule has 2 bridgehead atoms. The van der Waals surface area contributed by atoms with Crippen LogP contribution in [-0.2, 0) is 23.3 Å². The minimum Gasteiger partial charge on any atom is -0.365 e. The minimum absolute atomic E-state index is 0.101. The Bertz CT molecular complexity index is 1310. The lowest BCUT2D eigenvalue weighted by Gasteiger charge is -2.54. The molecule has 0 unspecified atom stereocenters. The highest BCUT2D eigenvalue weighted by atomic mass is 35.5. The second kappa shape index (κ2) is 8.77. The predicted octanol–water partition coefficient (Wildman–Crippen LogP) is 5.33. The van der Waals surface area contributed by atoms with E-state index in [4.69, 9.17) is 17.3 Å². The molecule has 0 saturated heterocycles. The zero-order chi connectivity index (χ0) is 24.9. The lowest BCUT2D eigenvalue weighted by Crippen LogP contribution is -2.47. The number of fused-ring (bicyclic) bond motifs is 4. The van der Waals surface area contributed by atoms with Gasteiger partial charge < -0.3 is 10.6 Å². The molecule has 0 atom stereocenters. The van der Waals surface area contributed by atoms with Crippen LogP contribution < -0.4 is 5.73 Å². The molecule has 3 saturated carbocycles. The van der Waals surface area contributed by atoms with Crippen LogP contribution in [0.25, 0.3) is 11.3 Å². The summed E-state index contributed by atoms with van der Waals surface area (Å²) in [4.78, 5) is 28.0. The maximum absolute atomic E-state index is 13.6. The number of nitrogens with zero attached hydrogens (tertiary/aromatic N) is 3. The molecule has 6 nitrogen and oxygen atoms in total. The predicted molar refractivity (Wildman–Crippen MR) is 139 cm³/mol. The zero-order valence-electron chi connectivity index (χ0n) is 20.4. The van der Waals surface area contributed by atoms with Crippen molar-refractivity contribution in [3.8, 4) is 11.3 Å². The van der Waals surface area contributed by atoms with Gasteiger partial charge in [-0.1, -0.05) is 54.1 Å². The van der Waals surface area contributed by atoms with Gasteiger partial charge in [0.2, 0.25) is 5.91 Å². The normalized spacial score (nSPS) is 25.0. The monoisotopic (exact) mass is 502 g/mol. The van der Waals surface area contributed by atoms with Crippen molar-refractivity contribution in [1.82, 2.24) is 14.7 Å². The Labute approximate surface area is 216 Å². The molecule has 3 fully saturated rings. The summed E-state index contributed by atoms with van der Waals surface area (Å²) in [6.07, 6.45) is 7.36. The van der Waals surface area contributed by atoms with Crippen molar-refractivity contribution >= 4 is 23.4 Å². The fraction of sp³-hybridized carbons (Fsp3) is 0.414. The Morgan fingerprint density at radius 1 is 0.944 bits per heavy atom. The molecule has 7 heteroatoms. The Hall–Kier alpha value is -3.12. The molecular formula is C29H31ClN4O2. The van der Waals surface area contributed by atoms with E-state index in [-0.39, 0.29) is 16.7 Å². The average Bonchev–Trinajstić information content (AvgIpc) is 3.29. The molecule has 0 spiro atoms. The molecular weight excluding hydrogens is 472 g/mol. The Morgan fingerprint density at radius 2 is 1.67 bits per heavy atom. The molecule has 7 rings (SSSR count). The number of hydrogen-bond donors (Lipinski definition) is 1. The van der Waals surface area contributed by atoms with E-state index >= 15 is 0 Å². The lowest BCUT2D eigenvalue weighted by molar-refractivity contribution is -0.137. The van der Waals surface area contributed by atoms with E-state index in [1.807, 2.05) is 21.7 Å². The Morgan fingerprint density at radius 3 is 2.33 bits per heavy atom. The van der Waals surface area contributed by atoms with Gasteiger partial charge in [-0.2, -0.15) is 5.10 Å². The van der Waals surface area contributed by atoms with E-state index in [1.54, 1.807) is 12.1 Å². The van der Waals surface area contributed by atoms with Crippen LogP contribution in [0.3, 0.4) is 0 Å². The highest BCUT2D eigenvalue weighted by Crippen LogP contribution is 2.59. The number of halogens is 1. The van der Waals surface area contributed by atoms with Gasteiger partial charge in [0.1, 0.15) is 5.69 Å². The molecule has 2 heterocycles. The summed E-state index contributed by atoms with van der Waals surface area (Å²) in [6.45, 7) is 1.49. The summed E-state index contributed by atoms with van der Waals surface area (Å²) < 4.78 is 1.83. The first kappa shape index (κ1) is 23.3. The first-order chi connectivity index (χ1) is 17.4. The van der Waals surface area contributed by atoms with Crippen LogP contribution in [0.5, 0.6) is 0 Å². The van der Waals surface area contributed by atoms with E-state index in [2.05, 4.69) is 35.4 Å². The molecule has 2 amide bonds. The Kier molecular flexibility index (Phi) is 5.67. The van der Waals surface area contributed by atoms with Gasteiger partial charge in [0.15, 0.2) is 0 Å². The van der Waals surface area contributed by atoms with Gasteiger partial charge in [-0.05, 0) is 67.1 Å². The largest absolute Gasteiger partial charge is 0.365 e. The lowest BCUT2D eigenvalue weighted by atomic mass is 9.51. The minimum atomic E-state index is -0.532. The number of carbonyl (C=O) groups is 2. The number of nitrogens with two attached hydrogens (primary N) is 1. The van der Waals surface area contributed by atoms with Gasteiger partial charge in [0, 0.05) is 23.6 Å². The van der Waals surface area contributed by atoms with Crippen molar-refractivity contribution in [1.29, 1.82) is 0 Å². The maximum Gasteiger partial charge on any atom is 0.252 e. The van der Waals surface area contributed by atoms with Crippen molar-refractivity contribution < 1.29 is 9.59 Å². The van der Waals surface area contributed by atoms with Gasteiger partial charge in [-0.25, -0.2) is 0 Å². The fourth-order valence-corrected chi connectivity index (χ4v) is 7.00. The van der Waals surface area contributed by atoms with Gasteiger partial charge in [-0.15, -0.1) is 0 Å². The van der Waals surface area contributed by atoms with Crippen LogP contribution in [-0.4, -0.2) is 33.0 Å². The topological polar surface area (TPSA) is 81.2 Å². The van der Waals surface area contributed by atoms with E-state index in [9.17, 15) is 9.59 Å². The van der Waals surface area contributed by atoms with Crippen molar-refractivity contribution in [2.24, 2.45) is 11.1 Å². The van der Waals surface area contributed by atoms with Crippen LogP contribution in [0, 0.1) is 5.41 Å². The van der Waals surface area contributed by atoms with E-state index < -0.39 is 5.91 Å². The summed E-state index contributed by atoms with van der Waals surface area (Å²) >= 11 is 6.18. The smallest absolute Gasteiger partial charge is 0.252 e. The molecule has 3 aromatic rings. The summed E-state index contributed by atoms with van der Waals surface area (Å²) in [7, 11) is 0. The third-order valence-corrected chi connectivity index (χ3v) is 9.23. The first-order valence-corrected chi connectivity index (χ1v) is 13.2. The molecule has 2 N–H and O–H groups in total. The third kappa shape index (κ3) is 3.92. The van der Waals surface area contributed by atoms with E-state index in [1.165, 1.54) is 5.56 Å². The van der Waals surface area contributed by atoms with Gasteiger partial charge >= 0.3 is 0 Å². The average molecular weight is 503 g/mol. The third-order valence-electron chi connectivity index (χ3n) is 8.99. The molecule has 36 heavy (non-hydrogen) atoms. The van der Waals surface area contributed by atoms with Crippen LogP contribution in [0.4, 0.5) is 0 Å². The van der Waals surface area contributed by atoms with Crippen molar-refractivity contribution in [3.63, 3.8) is 0 Å². The number of amides is 2. The van der Waals surface area contributed by atoms with Gasteiger partial charge in [-0.3, -0.25) is 14.3 Å². The SMILES string of the molecule is NC(=O)c1c(-c2cccc(Cl)c2)nn2c1CN(C(=O)CC13CCC(c4ccccc4)(CC1)CC3)CC2. The van der Waals surface area contributed by atoms with Crippen LogP contribution in [0.1, 0.15) is 66.6 Å². The molecule has 1 aromatic heterocycles. The van der Waals surface area contributed by atoms with Crippen molar-refractivity contribution in [2.75, 3.05) is 6.54 Å². The number of primary amides is 1. The number of hydrogen-bond acceptors (Lipinski definition) is 3. The molecule has 0 radical (unpaired) electrons. The quantitative estimate of drug-likeness (QED) is 0.512. The molecule has 2 aromatic carbocycles. The summed E-state index contributed by atoms with van der Waals surface area (Å²) in [5.41, 5.74) is 10.0. The highest BCUT2D eigenvalue weighted by Gasteiger charge is 2.50. The standard InChI is InChI=1S/C29H31ClN4O2/c30-22-8-4-5-20(17-22)26-25(27(31)36)23-19-33(15-16-34(23)32-26)24(35)18-28-9-12-29(13-10-28,14-11-28)21-6-2-1-3-7-21/h1-8,17H,9-16,18-19H2,(H2,31,36). The maximum atomic E-state index is 13.6. The van der Waals surface area contributed by atoms with Crippen molar-refractivity contribution in [2.45, 2.75) is 63.5 Å². The molecule has 4 aliphatic rings. The molecule has 3 aliphatic carbocycles. The van der Waals surface area contributed by atoms with Crippen LogP contribution in [0.2, 0.25) is 5.02 Å². The van der Waals surface area contributed by atoms with E-state index in [0.717, 1.165) is 44.1 Å². The van der Waals surface area contributed by atoms with Crippen LogP contribution in [0.15, 0.2) is 54.6 Å². The van der Waals surface area contributed by atoms with Crippen molar-refractivity contribution in [3.05, 3.63) is 76.4 Å². The van der Waals surface area contributed by atoms with Crippen LogP contribution >= 0.6 is 11.6 Å². The summed E-state index contributed by atoms with van der Waals surface area (Å²) in [5, 5.41) is 5.26. The second-order valence-electron chi connectivity index (χ2n) is 10.9. The number of aromatic nitrogens is 2. The number of benzene rings is 2. The summed E-state index contributed by atoms with van der Waals surface area (Å²) in [5.74, 6) is -0.354.